The molecule has 0 radical (unpaired) electrons. The molecule has 1 aromatic rings. The molecule has 1 aliphatic rings. The van der Waals surface area contributed by atoms with Gasteiger partial charge in [0.1, 0.15) is 0 Å². The SMILES string of the molecule is CCS(=O)(=O)c1ccc(N2CCC(C(C)Br)CC2)cc1. The van der Waals surface area contributed by atoms with E-state index in [1.807, 2.05) is 12.1 Å². The third-order valence-corrected chi connectivity index (χ3v) is 6.63. The number of benzene rings is 1. The molecule has 0 N–H and O–H groups in total. The number of piperidine rings is 1. The van der Waals surface area contributed by atoms with Crippen LogP contribution >= 0.6 is 15.9 Å². The van der Waals surface area contributed by atoms with Crippen molar-refractivity contribution in [1.29, 1.82) is 0 Å². The molecule has 5 heteroatoms. The van der Waals surface area contributed by atoms with E-state index >= 15 is 0 Å². The van der Waals surface area contributed by atoms with Gasteiger partial charge in [-0.25, -0.2) is 8.42 Å². The Morgan fingerprint density at radius 1 is 1.25 bits per heavy atom. The average Bonchev–Trinajstić information content (AvgIpc) is 2.47. The number of anilines is 1. The molecule has 0 saturated carbocycles. The number of sulfone groups is 1. The van der Waals surface area contributed by atoms with Crippen molar-refractivity contribution in [2.45, 2.75) is 36.4 Å². The smallest absolute Gasteiger partial charge is 0.178 e. The van der Waals surface area contributed by atoms with Crippen molar-refractivity contribution in [3.05, 3.63) is 24.3 Å². The van der Waals surface area contributed by atoms with Crippen molar-refractivity contribution in [1.82, 2.24) is 0 Å². The Bertz CT molecular complexity index is 531. The maximum absolute atomic E-state index is 11.8. The lowest BCUT2D eigenvalue weighted by Gasteiger charge is -2.34. The van der Waals surface area contributed by atoms with Gasteiger partial charge in [0.05, 0.1) is 10.6 Å². The van der Waals surface area contributed by atoms with E-state index in [0.29, 0.717) is 9.72 Å². The molecule has 1 unspecified atom stereocenters. The predicted octanol–water partition coefficient (Wildman–Crippen LogP) is 3.48. The van der Waals surface area contributed by atoms with Crippen LogP contribution in [0.15, 0.2) is 29.2 Å². The van der Waals surface area contributed by atoms with Crippen LogP contribution in [0.3, 0.4) is 0 Å². The van der Waals surface area contributed by atoms with Crippen LogP contribution in [0.25, 0.3) is 0 Å². The van der Waals surface area contributed by atoms with Gasteiger partial charge in [0, 0.05) is 23.6 Å². The van der Waals surface area contributed by atoms with Gasteiger partial charge in [-0.15, -0.1) is 0 Å². The zero-order chi connectivity index (χ0) is 14.8. The highest BCUT2D eigenvalue weighted by Crippen LogP contribution is 2.28. The van der Waals surface area contributed by atoms with Crippen LogP contribution in [0.2, 0.25) is 0 Å². The number of nitrogens with zero attached hydrogens (tertiary/aromatic N) is 1. The van der Waals surface area contributed by atoms with E-state index < -0.39 is 9.84 Å². The third-order valence-electron chi connectivity index (χ3n) is 4.13. The van der Waals surface area contributed by atoms with Crippen LogP contribution in [0, 0.1) is 5.92 Å². The first-order chi connectivity index (χ1) is 9.44. The Kier molecular flexibility index (Phi) is 5.13. The average molecular weight is 360 g/mol. The minimum absolute atomic E-state index is 0.154. The van der Waals surface area contributed by atoms with Gasteiger partial charge >= 0.3 is 0 Å². The zero-order valence-electron chi connectivity index (χ0n) is 12.0. The van der Waals surface area contributed by atoms with E-state index in [9.17, 15) is 8.42 Å². The van der Waals surface area contributed by atoms with E-state index in [1.54, 1.807) is 19.1 Å². The third kappa shape index (κ3) is 3.55. The molecule has 0 amide bonds. The lowest BCUT2D eigenvalue weighted by Crippen LogP contribution is -2.35. The Labute approximate surface area is 130 Å². The summed E-state index contributed by atoms with van der Waals surface area (Å²) in [6, 6.07) is 7.32. The van der Waals surface area contributed by atoms with Gasteiger partial charge in [-0.1, -0.05) is 29.8 Å². The molecular weight excluding hydrogens is 338 g/mol. The Hall–Kier alpha value is -0.550. The lowest BCUT2D eigenvalue weighted by molar-refractivity contribution is 0.407. The second kappa shape index (κ2) is 6.48. The highest BCUT2D eigenvalue weighted by Gasteiger charge is 2.22. The van der Waals surface area contributed by atoms with Crippen LogP contribution in [-0.4, -0.2) is 32.1 Å². The number of alkyl halides is 1. The van der Waals surface area contributed by atoms with Crippen molar-refractivity contribution in [2.75, 3.05) is 23.7 Å². The van der Waals surface area contributed by atoms with Crippen LogP contribution in [0.1, 0.15) is 26.7 Å². The highest BCUT2D eigenvalue weighted by atomic mass is 79.9. The Balaban J connectivity index is 2.05. The molecule has 1 saturated heterocycles. The number of rotatable bonds is 4. The van der Waals surface area contributed by atoms with Gasteiger partial charge in [0.25, 0.3) is 0 Å². The number of halogens is 1. The summed E-state index contributed by atoms with van der Waals surface area (Å²) in [6.45, 7) is 5.97. The monoisotopic (exact) mass is 359 g/mol. The van der Waals surface area contributed by atoms with E-state index in [2.05, 4.69) is 27.8 Å². The van der Waals surface area contributed by atoms with Crippen molar-refractivity contribution in [2.24, 2.45) is 5.92 Å². The molecule has 1 heterocycles. The maximum atomic E-state index is 11.8. The summed E-state index contributed by atoms with van der Waals surface area (Å²) < 4.78 is 23.6. The summed E-state index contributed by atoms with van der Waals surface area (Å²) in [4.78, 5) is 3.34. The molecule has 3 nitrogen and oxygen atoms in total. The van der Waals surface area contributed by atoms with Gasteiger partial charge in [0.2, 0.25) is 0 Å². The van der Waals surface area contributed by atoms with Crippen LogP contribution in [0.5, 0.6) is 0 Å². The van der Waals surface area contributed by atoms with Gasteiger partial charge in [-0.2, -0.15) is 0 Å². The molecule has 1 aromatic carbocycles. The Morgan fingerprint density at radius 3 is 2.25 bits per heavy atom. The molecule has 1 atom stereocenters. The van der Waals surface area contributed by atoms with E-state index in [1.165, 1.54) is 12.8 Å². The molecule has 0 bridgehead atoms. The fraction of sp³-hybridized carbons (Fsp3) is 0.600. The molecule has 0 aromatic heterocycles. The summed E-state index contributed by atoms with van der Waals surface area (Å²) in [5.74, 6) is 0.895. The zero-order valence-corrected chi connectivity index (χ0v) is 14.5. The predicted molar refractivity (Wildman–Crippen MR) is 87.5 cm³/mol. The van der Waals surface area contributed by atoms with Crippen LogP contribution in [-0.2, 0) is 9.84 Å². The highest BCUT2D eigenvalue weighted by molar-refractivity contribution is 9.09. The van der Waals surface area contributed by atoms with Crippen molar-refractivity contribution in [3.8, 4) is 0 Å². The lowest BCUT2D eigenvalue weighted by atomic mass is 9.94. The summed E-state index contributed by atoms with van der Waals surface area (Å²) in [5, 5.41) is 0. The molecule has 20 heavy (non-hydrogen) atoms. The minimum Gasteiger partial charge on any atom is -0.372 e. The van der Waals surface area contributed by atoms with E-state index in [-0.39, 0.29) is 5.75 Å². The fourth-order valence-electron chi connectivity index (χ4n) is 2.65. The molecule has 1 fully saturated rings. The first-order valence-corrected chi connectivity index (χ1v) is 9.72. The normalized spacial score (nSPS) is 19.1. The van der Waals surface area contributed by atoms with Crippen LogP contribution in [0.4, 0.5) is 5.69 Å². The Morgan fingerprint density at radius 2 is 1.80 bits per heavy atom. The number of hydrogen-bond donors (Lipinski definition) is 0. The molecule has 112 valence electrons. The standard InChI is InChI=1S/C15H22BrNO2S/c1-3-20(18,19)15-6-4-14(5-7-15)17-10-8-13(9-11-17)12(2)16/h4-7,12-13H,3,8-11H2,1-2H3. The molecular formula is C15H22BrNO2S. The van der Waals surface area contributed by atoms with Gasteiger partial charge in [-0.05, 0) is 43.0 Å². The molecule has 2 rings (SSSR count). The second-order valence-electron chi connectivity index (χ2n) is 5.40. The number of hydrogen-bond acceptors (Lipinski definition) is 3. The van der Waals surface area contributed by atoms with Crippen molar-refractivity contribution < 1.29 is 8.42 Å². The maximum Gasteiger partial charge on any atom is 0.178 e. The van der Waals surface area contributed by atoms with Gasteiger partial charge in [-0.3, -0.25) is 0 Å². The summed E-state index contributed by atoms with van der Waals surface area (Å²) in [7, 11) is -3.09. The minimum atomic E-state index is -3.09. The van der Waals surface area contributed by atoms with E-state index in [0.717, 1.165) is 24.7 Å². The molecule has 0 aliphatic carbocycles. The quantitative estimate of drug-likeness (QED) is 0.772. The second-order valence-corrected chi connectivity index (χ2v) is 9.12. The van der Waals surface area contributed by atoms with E-state index in [4.69, 9.17) is 0 Å². The summed E-state index contributed by atoms with van der Waals surface area (Å²) >= 11 is 3.67. The fourth-order valence-corrected chi connectivity index (χ4v) is 4.06. The van der Waals surface area contributed by atoms with Gasteiger partial charge < -0.3 is 4.90 Å². The van der Waals surface area contributed by atoms with Crippen molar-refractivity contribution >= 4 is 31.5 Å². The van der Waals surface area contributed by atoms with Gasteiger partial charge in [0.15, 0.2) is 9.84 Å². The molecule has 0 spiro atoms. The first-order valence-electron chi connectivity index (χ1n) is 7.16. The first kappa shape index (κ1) is 15.8. The van der Waals surface area contributed by atoms with Crippen LogP contribution < -0.4 is 4.90 Å². The summed E-state index contributed by atoms with van der Waals surface area (Å²) in [6.07, 6.45) is 2.36. The topological polar surface area (TPSA) is 37.4 Å². The summed E-state index contributed by atoms with van der Waals surface area (Å²) in [5.41, 5.74) is 1.13. The molecule has 1 aliphatic heterocycles. The van der Waals surface area contributed by atoms with Crippen molar-refractivity contribution in [3.63, 3.8) is 0 Å². The largest absolute Gasteiger partial charge is 0.372 e.